The molecule has 1 aliphatic heterocycles. The number of β-amino-alcohol motifs (C(OH)–C–C–N with tert-alkyl or cyclic N) is 1. The summed E-state index contributed by atoms with van der Waals surface area (Å²) < 4.78 is 54.5. The molecule has 1 saturated heterocycles. The van der Waals surface area contributed by atoms with Crippen molar-refractivity contribution in [3.05, 3.63) is 54.0 Å². The summed E-state index contributed by atoms with van der Waals surface area (Å²) in [7, 11) is -3.95. The van der Waals surface area contributed by atoms with E-state index in [9.17, 15) is 22.7 Å². The number of carbonyl (C=O) groups is 1. The van der Waals surface area contributed by atoms with E-state index in [2.05, 4.69) is 5.10 Å². The molecule has 0 radical (unpaired) electrons. The molecule has 4 rings (SSSR count). The van der Waals surface area contributed by atoms with E-state index >= 15 is 0 Å². The van der Waals surface area contributed by atoms with Crippen molar-refractivity contribution in [2.75, 3.05) is 13.1 Å². The average Bonchev–Trinajstić information content (AvgIpc) is 3.29. The Labute approximate surface area is 215 Å². The Morgan fingerprint density at radius 3 is 2.46 bits per heavy atom. The Morgan fingerprint density at radius 1 is 1.16 bits per heavy atom. The second-order valence-corrected chi connectivity index (χ2v) is 12.0. The van der Waals surface area contributed by atoms with Crippen LogP contribution in [0.4, 0.5) is 4.39 Å². The molecule has 1 aromatic heterocycles. The molecule has 2 aromatic carbocycles. The molecule has 0 unspecified atom stereocenters. The maximum Gasteiger partial charge on any atom is 0.312 e. The number of aliphatic hydroxyl groups is 1. The van der Waals surface area contributed by atoms with Crippen LogP contribution in [0.2, 0.25) is 0 Å². The highest BCUT2D eigenvalue weighted by molar-refractivity contribution is 7.89. The van der Waals surface area contributed by atoms with Crippen LogP contribution in [0.3, 0.4) is 0 Å². The first kappa shape index (κ1) is 27.0. The number of rotatable bonds is 8. The van der Waals surface area contributed by atoms with Crippen LogP contribution in [-0.2, 0) is 26.0 Å². The van der Waals surface area contributed by atoms with Crippen molar-refractivity contribution in [3.8, 4) is 5.75 Å². The van der Waals surface area contributed by atoms with Crippen molar-refractivity contribution < 1.29 is 32.2 Å². The highest BCUT2D eigenvalue weighted by Crippen LogP contribution is 2.37. The molecular weight excluding hydrogens is 501 g/mol. The van der Waals surface area contributed by atoms with Crippen LogP contribution in [-0.4, -0.2) is 64.5 Å². The molecule has 0 aliphatic carbocycles. The zero-order chi connectivity index (χ0) is 27.1. The fourth-order valence-electron chi connectivity index (χ4n) is 4.54. The third kappa shape index (κ3) is 5.63. The van der Waals surface area contributed by atoms with Crippen LogP contribution in [0.15, 0.2) is 47.4 Å². The molecule has 1 fully saturated rings. The average molecular weight is 534 g/mol. The Bertz CT molecular complexity index is 1400. The van der Waals surface area contributed by atoms with E-state index in [4.69, 9.17) is 9.47 Å². The number of fused-ring (bicyclic) bond motifs is 1. The Balaban J connectivity index is 1.67. The largest absolute Gasteiger partial charge is 0.491 e. The Hall–Kier alpha value is -3.02. The topological polar surface area (TPSA) is 111 Å². The minimum absolute atomic E-state index is 0.0530. The number of nitrogens with zero attached hydrogens (tertiary/aromatic N) is 3. The third-order valence-corrected chi connectivity index (χ3v) is 7.97. The minimum Gasteiger partial charge on any atom is -0.491 e. The molecule has 200 valence electrons. The first-order valence-corrected chi connectivity index (χ1v) is 13.6. The summed E-state index contributed by atoms with van der Waals surface area (Å²) in [4.78, 5) is 12.4. The molecule has 2 heterocycles. The third-order valence-electron chi connectivity index (χ3n) is 6.14. The summed E-state index contributed by atoms with van der Waals surface area (Å²) >= 11 is 0. The fraction of sp³-hybridized carbons (Fsp3) is 0.462. The first-order valence-electron chi connectivity index (χ1n) is 12.1. The maximum atomic E-state index is 14.2. The van der Waals surface area contributed by atoms with Crippen molar-refractivity contribution in [1.29, 1.82) is 0 Å². The van der Waals surface area contributed by atoms with Crippen LogP contribution in [0, 0.1) is 5.82 Å². The van der Waals surface area contributed by atoms with Gasteiger partial charge in [0.05, 0.1) is 46.4 Å². The quantitative estimate of drug-likeness (QED) is 0.442. The molecule has 0 spiro atoms. The predicted octanol–water partition coefficient (Wildman–Crippen LogP) is 3.45. The van der Waals surface area contributed by atoms with Gasteiger partial charge in [0.25, 0.3) is 0 Å². The highest BCUT2D eigenvalue weighted by atomic mass is 32.2. The molecule has 37 heavy (non-hydrogen) atoms. The number of ether oxygens (including phenoxy) is 2. The van der Waals surface area contributed by atoms with E-state index in [1.54, 1.807) is 26.0 Å². The van der Waals surface area contributed by atoms with Crippen molar-refractivity contribution >= 4 is 26.9 Å². The van der Waals surface area contributed by atoms with Crippen LogP contribution >= 0.6 is 0 Å². The van der Waals surface area contributed by atoms with E-state index in [1.807, 2.05) is 13.8 Å². The fourth-order valence-corrected chi connectivity index (χ4v) is 6.08. The van der Waals surface area contributed by atoms with Crippen molar-refractivity contribution in [1.82, 2.24) is 14.1 Å². The molecule has 1 aliphatic rings. The molecule has 1 N–H and O–H groups in total. The van der Waals surface area contributed by atoms with Gasteiger partial charge in [-0.1, -0.05) is 0 Å². The van der Waals surface area contributed by atoms with Gasteiger partial charge in [-0.15, -0.1) is 0 Å². The van der Waals surface area contributed by atoms with Gasteiger partial charge in [0, 0.05) is 18.5 Å². The number of sulfonamides is 1. The van der Waals surface area contributed by atoms with E-state index < -0.39 is 33.5 Å². The zero-order valence-electron chi connectivity index (χ0n) is 21.5. The van der Waals surface area contributed by atoms with E-state index in [-0.39, 0.29) is 36.6 Å². The minimum atomic E-state index is -3.95. The lowest BCUT2D eigenvalue weighted by atomic mass is 10.0. The van der Waals surface area contributed by atoms with E-state index in [0.717, 1.165) is 0 Å². The van der Waals surface area contributed by atoms with Crippen LogP contribution in [0.1, 0.15) is 46.4 Å². The lowest BCUT2D eigenvalue weighted by Crippen LogP contribution is -2.37. The number of aromatic nitrogens is 2. The molecule has 11 heteroatoms. The van der Waals surface area contributed by atoms with Crippen molar-refractivity contribution in [2.24, 2.45) is 0 Å². The molecule has 0 amide bonds. The number of benzene rings is 2. The van der Waals surface area contributed by atoms with Crippen LogP contribution in [0.25, 0.3) is 10.9 Å². The highest BCUT2D eigenvalue weighted by Gasteiger charge is 2.48. The summed E-state index contributed by atoms with van der Waals surface area (Å²) in [6, 6.07) is 9.33. The van der Waals surface area contributed by atoms with Gasteiger partial charge >= 0.3 is 5.97 Å². The summed E-state index contributed by atoms with van der Waals surface area (Å²) in [5.74, 6) is -0.456. The van der Waals surface area contributed by atoms with Gasteiger partial charge in [0.2, 0.25) is 10.0 Å². The SMILES string of the molecule is CC(C)OC(=O)Cc1nn([C@H]2CN(S(=O)(=O)c3ccc(OC(C)C)cc3)C[C@]2(C)O)c2cc(F)ccc12. The monoisotopic (exact) mass is 533 g/mol. The zero-order valence-corrected chi connectivity index (χ0v) is 22.3. The summed E-state index contributed by atoms with van der Waals surface area (Å²) in [6.07, 6.45) is -0.504. The van der Waals surface area contributed by atoms with Crippen LogP contribution < -0.4 is 4.74 Å². The summed E-state index contributed by atoms with van der Waals surface area (Å²) in [6.45, 7) is 8.46. The van der Waals surface area contributed by atoms with Crippen LogP contribution in [0.5, 0.6) is 5.75 Å². The predicted molar refractivity (Wildman–Crippen MR) is 135 cm³/mol. The van der Waals surface area contributed by atoms with Gasteiger partial charge in [-0.2, -0.15) is 9.40 Å². The Kier molecular flexibility index (Phi) is 7.33. The number of halogens is 1. The smallest absolute Gasteiger partial charge is 0.312 e. The van der Waals surface area contributed by atoms with Gasteiger partial charge in [-0.25, -0.2) is 12.8 Å². The van der Waals surface area contributed by atoms with E-state index in [1.165, 1.54) is 46.2 Å². The normalized spacial score (nSPS) is 20.7. The van der Waals surface area contributed by atoms with Gasteiger partial charge in [0.1, 0.15) is 11.6 Å². The number of carbonyl (C=O) groups excluding carboxylic acids is 1. The number of hydrogen-bond donors (Lipinski definition) is 1. The maximum absolute atomic E-state index is 14.2. The molecule has 0 bridgehead atoms. The van der Waals surface area contributed by atoms with Crippen molar-refractivity contribution in [2.45, 2.75) is 69.8 Å². The molecule has 9 nitrogen and oxygen atoms in total. The van der Waals surface area contributed by atoms with E-state index in [0.29, 0.717) is 22.3 Å². The number of hydrogen-bond acceptors (Lipinski definition) is 7. The second-order valence-electron chi connectivity index (χ2n) is 10.1. The van der Waals surface area contributed by atoms with Gasteiger partial charge in [-0.05, 0) is 77.1 Å². The summed E-state index contributed by atoms with van der Waals surface area (Å²) in [5.41, 5.74) is -0.806. The second kappa shape index (κ2) is 10.0. The standard InChI is InChI=1S/C26H32FN3O6S/c1-16(2)35-19-7-9-20(10-8-19)37(33,34)29-14-24(26(5,32)15-29)30-23-12-18(27)6-11-21(23)22(28-30)13-25(31)36-17(3)4/h6-12,16-17,24,32H,13-15H2,1-5H3/t24-,26-/m0/s1. The van der Waals surface area contributed by atoms with Gasteiger partial charge in [-0.3, -0.25) is 9.48 Å². The lowest BCUT2D eigenvalue weighted by Gasteiger charge is -2.25. The Morgan fingerprint density at radius 2 is 1.84 bits per heavy atom. The summed E-state index contributed by atoms with van der Waals surface area (Å²) in [5, 5.41) is 16.4. The van der Waals surface area contributed by atoms with Gasteiger partial charge < -0.3 is 14.6 Å². The first-order chi connectivity index (χ1) is 17.3. The molecule has 2 atom stereocenters. The molecular formula is C26H32FN3O6S. The van der Waals surface area contributed by atoms with Crippen molar-refractivity contribution in [3.63, 3.8) is 0 Å². The van der Waals surface area contributed by atoms with Gasteiger partial charge in [0.15, 0.2) is 0 Å². The number of esters is 1. The molecule has 0 saturated carbocycles. The lowest BCUT2D eigenvalue weighted by molar-refractivity contribution is -0.146. The molecule has 3 aromatic rings.